The first-order chi connectivity index (χ1) is 15.4. The maximum Gasteiger partial charge on any atom is 0.335 e. The van der Waals surface area contributed by atoms with Crippen molar-refractivity contribution < 1.29 is 14.6 Å². The van der Waals surface area contributed by atoms with Gasteiger partial charge >= 0.3 is 5.97 Å². The van der Waals surface area contributed by atoms with Crippen molar-refractivity contribution in [3.05, 3.63) is 71.2 Å². The average Bonchev–Trinajstić information content (AvgIpc) is 2.74. The first-order valence-corrected chi connectivity index (χ1v) is 11.4. The van der Waals surface area contributed by atoms with Crippen molar-refractivity contribution in [2.45, 2.75) is 32.6 Å². The number of aryl methyl sites for hydroxylation is 2. The predicted octanol–water partition coefficient (Wildman–Crippen LogP) is 4.24. The highest BCUT2D eigenvalue weighted by Crippen LogP contribution is 2.30. The molecule has 1 aromatic heterocycles. The van der Waals surface area contributed by atoms with Crippen LogP contribution in [0.4, 0.5) is 5.69 Å². The number of rotatable bonds is 8. The first kappa shape index (κ1) is 22.5. The normalized spacial score (nSPS) is 17.7. The summed E-state index contributed by atoms with van der Waals surface area (Å²) in [7, 11) is 0. The van der Waals surface area contributed by atoms with Crippen LogP contribution in [0.1, 0.15) is 46.1 Å². The molecule has 2 aromatic rings. The molecule has 1 N–H and O–H groups in total. The Morgan fingerprint density at radius 2 is 1.97 bits per heavy atom. The minimum atomic E-state index is -0.907. The molecule has 0 saturated carbocycles. The van der Waals surface area contributed by atoms with Gasteiger partial charge < -0.3 is 14.7 Å². The van der Waals surface area contributed by atoms with E-state index in [9.17, 15) is 9.90 Å². The highest BCUT2D eigenvalue weighted by molar-refractivity contribution is 5.89. The van der Waals surface area contributed by atoms with E-state index in [4.69, 9.17) is 9.72 Å². The topological polar surface area (TPSA) is 65.9 Å². The standard InChI is InChI=1S/C26H33N3O3/c1-18-7-8-23(26(30)31)13-25(18)29(15-21-16-32-17-21)20(3)14-28-11-9-22(10-12-28)24-6-4-5-19(2)27-24/h4-8,13,21-22H,3,9-12,14-17H2,1-2H3,(H,30,31). The summed E-state index contributed by atoms with van der Waals surface area (Å²) in [5.41, 5.74) is 5.58. The van der Waals surface area contributed by atoms with Crippen LogP contribution in [0.3, 0.4) is 0 Å². The second-order valence-electron chi connectivity index (χ2n) is 9.14. The van der Waals surface area contributed by atoms with Gasteiger partial charge in [-0.05, 0) is 69.6 Å². The maximum atomic E-state index is 11.6. The third-order valence-corrected chi connectivity index (χ3v) is 6.60. The summed E-state index contributed by atoms with van der Waals surface area (Å²) in [6.45, 7) is 13.6. The van der Waals surface area contributed by atoms with Gasteiger partial charge in [-0.1, -0.05) is 18.7 Å². The van der Waals surface area contributed by atoms with E-state index in [1.807, 2.05) is 26.0 Å². The lowest BCUT2D eigenvalue weighted by molar-refractivity contribution is -0.0272. The number of pyridine rings is 1. The van der Waals surface area contributed by atoms with Crippen LogP contribution in [0.5, 0.6) is 0 Å². The van der Waals surface area contributed by atoms with Crippen LogP contribution in [-0.2, 0) is 4.74 Å². The molecule has 0 atom stereocenters. The van der Waals surface area contributed by atoms with Gasteiger partial charge in [0.1, 0.15) is 0 Å². The molecule has 0 amide bonds. The van der Waals surface area contributed by atoms with E-state index in [2.05, 4.69) is 28.5 Å². The molecule has 2 aliphatic heterocycles. The van der Waals surface area contributed by atoms with Crippen LogP contribution in [0.2, 0.25) is 0 Å². The number of carboxylic acids is 1. The van der Waals surface area contributed by atoms with Gasteiger partial charge in [0.25, 0.3) is 0 Å². The second-order valence-corrected chi connectivity index (χ2v) is 9.14. The van der Waals surface area contributed by atoms with Crippen molar-refractivity contribution in [1.29, 1.82) is 0 Å². The Hall–Kier alpha value is -2.70. The number of piperidine rings is 1. The van der Waals surface area contributed by atoms with E-state index in [1.54, 1.807) is 12.1 Å². The highest BCUT2D eigenvalue weighted by Gasteiger charge is 2.27. The fourth-order valence-electron chi connectivity index (χ4n) is 4.60. The van der Waals surface area contributed by atoms with Crippen molar-refractivity contribution in [2.24, 2.45) is 5.92 Å². The summed E-state index contributed by atoms with van der Waals surface area (Å²) in [5.74, 6) is 0.0468. The van der Waals surface area contributed by atoms with E-state index in [0.29, 0.717) is 17.4 Å². The number of benzene rings is 1. The number of carboxylic acid groups (broad SMARTS) is 1. The molecular weight excluding hydrogens is 402 g/mol. The van der Waals surface area contributed by atoms with Crippen molar-refractivity contribution in [2.75, 3.05) is 44.3 Å². The van der Waals surface area contributed by atoms with Crippen molar-refractivity contribution >= 4 is 11.7 Å². The zero-order valence-electron chi connectivity index (χ0n) is 19.1. The van der Waals surface area contributed by atoms with Gasteiger partial charge in [-0.2, -0.15) is 0 Å². The van der Waals surface area contributed by atoms with E-state index in [-0.39, 0.29) is 0 Å². The van der Waals surface area contributed by atoms with E-state index in [0.717, 1.165) is 74.9 Å². The number of anilines is 1. The van der Waals surface area contributed by atoms with Gasteiger partial charge in [-0.15, -0.1) is 0 Å². The molecule has 0 aliphatic carbocycles. The number of nitrogens with zero attached hydrogens (tertiary/aromatic N) is 3. The third kappa shape index (κ3) is 5.19. The Bertz CT molecular complexity index is 978. The van der Waals surface area contributed by atoms with Crippen LogP contribution in [0.15, 0.2) is 48.7 Å². The van der Waals surface area contributed by atoms with Crippen molar-refractivity contribution in [3.8, 4) is 0 Å². The Morgan fingerprint density at radius 3 is 2.59 bits per heavy atom. The number of likely N-dealkylation sites (tertiary alicyclic amines) is 1. The molecule has 0 radical (unpaired) electrons. The van der Waals surface area contributed by atoms with Gasteiger partial charge in [-0.3, -0.25) is 9.88 Å². The molecule has 4 rings (SSSR count). The summed E-state index contributed by atoms with van der Waals surface area (Å²) in [5, 5.41) is 9.48. The molecule has 6 nitrogen and oxygen atoms in total. The zero-order valence-corrected chi connectivity index (χ0v) is 19.1. The fraction of sp³-hybridized carbons (Fsp3) is 0.462. The SMILES string of the molecule is C=C(CN1CCC(c2cccc(C)n2)CC1)N(CC1COC1)c1cc(C(=O)O)ccc1C. The molecule has 170 valence electrons. The molecule has 1 aromatic carbocycles. The number of aromatic nitrogens is 1. The van der Waals surface area contributed by atoms with Gasteiger partial charge in [0.15, 0.2) is 0 Å². The second kappa shape index (κ2) is 9.84. The molecule has 2 fully saturated rings. The van der Waals surface area contributed by atoms with Crippen LogP contribution in [0.25, 0.3) is 0 Å². The van der Waals surface area contributed by atoms with Gasteiger partial charge in [-0.25, -0.2) is 4.79 Å². The summed E-state index contributed by atoms with van der Waals surface area (Å²) >= 11 is 0. The summed E-state index contributed by atoms with van der Waals surface area (Å²) < 4.78 is 5.39. The fourth-order valence-corrected chi connectivity index (χ4v) is 4.60. The van der Waals surface area contributed by atoms with Crippen molar-refractivity contribution in [1.82, 2.24) is 9.88 Å². The highest BCUT2D eigenvalue weighted by atomic mass is 16.5. The lowest BCUT2D eigenvalue weighted by Crippen LogP contribution is -2.43. The van der Waals surface area contributed by atoms with Crippen LogP contribution < -0.4 is 4.90 Å². The third-order valence-electron chi connectivity index (χ3n) is 6.60. The average molecular weight is 436 g/mol. The quantitative estimate of drug-likeness (QED) is 0.669. The molecule has 2 saturated heterocycles. The zero-order chi connectivity index (χ0) is 22.7. The number of carbonyl (C=O) groups is 1. The molecule has 0 unspecified atom stereocenters. The summed E-state index contributed by atoms with van der Waals surface area (Å²) in [6.07, 6.45) is 2.18. The minimum absolute atomic E-state index is 0.305. The molecule has 0 spiro atoms. The van der Waals surface area contributed by atoms with E-state index in [1.165, 1.54) is 5.69 Å². The molecule has 32 heavy (non-hydrogen) atoms. The molecular formula is C26H33N3O3. The van der Waals surface area contributed by atoms with Crippen LogP contribution in [0, 0.1) is 19.8 Å². The van der Waals surface area contributed by atoms with Gasteiger partial charge in [0.05, 0.1) is 18.8 Å². The lowest BCUT2D eigenvalue weighted by Gasteiger charge is -2.38. The monoisotopic (exact) mass is 435 g/mol. The first-order valence-electron chi connectivity index (χ1n) is 11.4. The number of hydrogen-bond acceptors (Lipinski definition) is 5. The van der Waals surface area contributed by atoms with Crippen LogP contribution in [-0.4, -0.2) is 60.4 Å². The smallest absolute Gasteiger partial charge is 0.335 e. The predicted molar refractivity (Wildman–Crippen MR) is 126 cm³/mol. The molecule has 3 heterocycles. The number of aromatic carboxylic acids is 1. The van der Waals surface area contributed by atoms with Crippen molar-refractivity contribution in [3.63, 3.8) is 0 Å². The Kier molecular flexibility index (Phi) is 6.92. The number of ether oxygens (including phenoxy) is 1. The number of hydrogen-bond donors (Lipinski definition) is 1. The Balaban J connectivity index is 1.44. The maximum absolute atomic E-state index is 11.6. The van der Waals surface area contributed by atoms with Gasteiger partial charge in [0.2, 0.25) is 0 Å². The molecule has 0 bridgehead atoms. The Morgan fingerprint density at radius 1 is 1.22 bits per heavy atom. The molecule has 6 heteroatoms. The Labute approximate surface area is 190 Å². The van der Waals surface area contributed by atoms with E-state index >= 15 is 0 Å². The lowest BCUT2D eigenvalue weighted by atomic mass is 9.93. The molecule has 2 aliphatic rings. The minimum Gasteiger partial charge on any atom is -0.478 e. The summed E-state index contributed by atoms with van der Waals surface area (Å²) in [6, 6.07) is 11.6. The van der Waals surface area contributed by atoms with Gasteiger partial charge in [0, 0.05) is 47.7 Å². The summed E-state index contributed by atoms with van der Waals surface area (Å²) in [4.78, 5) is 21.0. The van der Waals surface area contributed by atoms with Crippen LogP contribution >= 0.6 is 0 Å². The van der Waals surface area contributed by atoms with E-state index < -0.39 is 5.97 Å². The largest absolute Gasteiger partial charge is 0.478 e.